The van der Waals surface area contributed by atoms with Crippen LogP contribution in [0.4, 0.5) is 5.82 Å². The van der Waals surface area contributed by atoms with Crippen molar-refractivity contribution in [2.45, 2.75) is 20.4 Å². The summed E-state index contributed by atoms with van der Waals surface area (Å²) in [6, 6.07) is 18.3. The highest BCUT2D eigenvalue weighted by molar-refractivity contribution is 5.91. The van der Waals surface area contributed by atoms with Gasteiger partial charge in [0.25, 0.3) is 5.56 Å². The van der Waals surface area contributed by atoms with Crippen molar-refractivity contribution < 1.29 is 9.53 Å². The van der Waals surface area contributed by atoms with Crippen molar-refractivity contribution in [3.63, 3.8) is 0 Å². The molecule has 4 rings (SSSR count). The van der Waals surface area contributed by atoms with E-state index in [-0.39, 0.29) is 18.0 Å². The van der Waals surface area contributed by atoms with Gasteiger partial charge in [0.1, 0.15) is 18.1 Å². The highest BCUT2D eigenvalue weighted by Gasteiger charge is 2.14. The van der Waals surface area contributed by atoms with Crippen molar-refractivity contribution in [3.8, 4) is 11.4 Å². The lowest BCUT2D eigenvalue weighted by Crippen LogP contribution is -2.28. The van der Waals surface area contributed by atoms with Crippen LogP contribution in [0.15, 0.2) is 65.5 Å². The van der Waals surface area contributed by atoms with Gasteiger partial charge in [-0.1, -0.05) is 18.2 Å². The van der Waals surface area contributed by atoms with Gasteiger partial charge in [0.2, 0.25) is 5.91 Å². The topological polar surface area (TPSA) is 78.2 Å². The lowest BCUT2D eigenvalue weighted by molar-refractivity contribution is -0.116. The fourth-order valence-corrected chi connectivity index (χ4v) is 3.50. The Balaban J connectivity index is 1.63. The number of para-hydroxylation sites is 1. The average molecular weight is 402 g/mol. The molecule has 0 radical (unpaired) electrons. The lowest BCUT2D eigenvalue weighted by Gasteiger charge is -2.13. The number of ether oxygens (including phenoxy) is 1. The molecule has 0 bridgehead atoms. The van der Waals surface area contributed by atoms with Crippen molar-refractivity contribution in [2.75, 3.05) is 12.4 Å². The summed E-state index contributed by atoms with van der Waals surface area (Å²) in [5.74, 6) is 0.965. The molecule has 0 fully saturated rings. The van der Waals surface area contributed by atoms with Gasteiger partial charge in [-0.2, -0.15) is 5.10 Å². The predicted molar refractivity (Wildman–Crippen MR) is 116 cm³/mol. The van der Waals surface area contributed by atoms with Gasteiger partial charge < -0.3 is 10.1 Å². The zero-order valence-electron chi connectivity index (χ0n) is 17.0. The Morgan fingerprint density at radius 3 is 2.53 bits per heavy atom. The van der Waals surface area contributed by atoms with Crippen LogP contribution in [0.3, 0.4) is 0 Å². The number of carbonyl (C=O) groups is 1. The number of carbonyl (C=O) groups excluding carboxylic acids is 1. The van der Waals surface area contributed by atoms with E-state index in [1.165, 1.54) is 4.57 Å². The minimum absolute atomic E-state index is 0.0908. The van der Waals surface area contributed by atoms with E-state index in [0.29, 0.717) is 5.82 Å². The van der Waals surface area contributed by atoms with Gasteiger partial charge in [0, 0.05) is 17.5 Å². The number of rotatable bonds is 5. The molecule has 0 saturated heterocycles. The quantitative estimate of drug-likeness (QED) is 0.555. The van der Waals surface area contributed by atoms with Crippen LogP contribution < -0.4 is 15.6 Å². The Kier molecular flexibility index (Phi) is 5.10. The van der Waals surface area contributed by atoms with Crippen LogP contribution in [0, 0.1) is 13.8 Å². The SMILES string of the molecule is COc1ccc(-n2nc(C)cc2NC(=O)Cn2c(=O)cc(C)c3ccccc32)cc1. The normalized spacial score (nSPS) is 10.9. The van der Waals surface area contributed by atoms with Crippen molar-refractivity contribution in [1.29, 1.82) is 0 Å². The van der Waals surface area contributed by atoms with Crippen LogP contribution >= 0.6 is 0 Å². The second-order valence-corrected chi connectivity index (χ2v) is 7.10. The highest BCUT2D eigenvalue weighted by Crippen LogP contribution is 2.20. The minimum atomic E-state index is -0.305. The van der Waals surface area contributed by atoms with Gasteiger partial charge in [-0.15, -0.1) is 0 Å². The average Bonchev–Trinajstić information content (AvgIpc) is 3.11. The number of amides is 1. The number of nitrogens with zero attached hydrogens (tertiary/aromatic N) is 3. The van der Waals surface area contributed by atoms with Gasteiger partial charge in [-0.25, -0.2) is 4.68 Å². The molecule has 0 saturated carbocycles. The first-order valence-corrected chi connectivity index (χ1v) is 9.56. The van der Waals surface area contributed by atoms with Crippen molar-refractivity contribution in [2.24, 2.45) is 0 Å². The second kappa shape index (κ2) is 7.87. The molecule has 7 heteroatoms. The zero-order valence-corrected chi connectivity index (χ0v) is 17.0. The molecule has 7 nitrogen and oxygen atoms in total. The summed E-state index contributed by atoms with van der Waals surface area (Å²) < 4.78 is 8.33. The number of fused-ring (bicyclic) bond motifs is 1. The van der Waals surface area contributed by atoms with Crippen molar-refractivity contribution in [1.82, 2.24) is 14.3 Å². The Hall–Kier alpha value is -3.87. The molecule has 0 aliphatic heterocycles. The van der Waals surface area contributed by atoms with Crippen molar-refractivity contribution >= 4 is 22.6 Å². The smallest absolute Gasteiger partial charge is 0.251 e. The van der Waals surface area contributed by atoms with Crippen molar-refractivity contribution in [3.05, 3.63) is 82.3 Å². The molecular formula is C23H22N4O3. The minimum Gasteiger partial charge on any atom is -0.497 e. The number of anilines is 1. The van der Waals surface area contributed by atoms with E-state index in [9.17, 15) is 9.59 Å². The number of methoxy groups -OCH3 is 1. The molecule has 30 heavy (non-hydrogen) atoms. The fraction of sp³-hybridized carbons (Fsp3) is 0.174. The van der Waals surface area contributed by atoms with Gasteiger partial charge in [0.15, 0.2) is 0 Å². The summed E-state index contributed by atoms with van der Waals surface area (Å²) in [4.78, 5) is 25.4. The molecule has 2 aromatic carbocycles. The van der Waals surface area contributed by atoms with Gasteiger partial charge in [-0.3, -0.25) is 14.2 Å². The van der Waals surface area contributed by atoms with E-state index in [1.54, 1.807) is 23.9 Å². The number of aromatic nitrogens is 3. The maximum atomic E-state index is 12.8. The summed E-state index contributed by atoms with van der Waals surface area (Å²) in [6.45, 7) is 3.66. The standard InChI is InChI=1S/C23H22N4O3/c1-15-12-23(29)26(20-7-5-4-6-19(15)20)14-22(28)24-21-13-16(2)25-27(21)17-8-10-18(30-3)11-9-17/h4-13H,14H2,1-3H3,(H,24,28). The Bertz CT molecular complexity index is 1290. The third kappa shape index (κ3) is 3.69. The van der Waals surface area contributed by atoms with Crippen LogP contribution in [0.5, 0.6) is 5.75 Å². The molecule has 4 aromatic rings. The first kappa shape index (κ1) is 19.4. The van der Waals surface area contributed by atoms with Crippen LogP contribution in [0.2, 0.25) is 0 Å². The maximum absolute atomic E-state index is 12.8. The van der Waals surface area contributed by atoms with E-state index >= 15 is 0 Å². The zero-order chi connectivity index (χ0) is 21.3. The van der Waals surface area contributed by atoms with Crippen LogP contribution in [0.25, 0.3) is 16.6 Å². The van der Waals surface area contributed by atoms with E-state index in [4.69, 9.17) is 4.74 Å². The van der Waals surface area contributed by atoms with Gasteiger partial charge in [0.05, 0.1) is 24.0 Å². The molecule has 2 heterocycles. The number of hydrogen-bond donors (Lipinski definition) is 1. The van der Waals surface area contributed by atoms with E-state index < -0.39 is 0 Å². The number of benzene rings is 2. The summed E-state index contributed by atoms with van der Waals surface area (Å²) in [7, 11) is 1.61. The molecule has 1 amide bonds. The van der Waals surface area contributed by atoms with E-state index in [0.717, 1.165) is 33.6 Å². The molecule has 0 spiro atoms. The number of nitrogens with one attached hydrogen (secondary N) is 1. The molecule has 2 aromatic heterocycles. The summed E-state index contributed by atoms with van der Waals surface area (Å²) in [6.07, 6.45) is 0. The summed E-state index contributed by atoms with van der Waals surface area (Å²) >= 11 is 0. The molecule has 0 atom stereocenters. The Labute approximate surface area is 173 Å². The van der Waals surface area contributed by atoms with E-state index in [1.807, 2.05) is 62.4 Å². The number of hydrogen-bond acceptors (Lipinski definition) is 4. The number of aryl methyl sites for hydroxylation is 2. The maximum Gasteiger partial charge on any atom is 0.251 e. The second-order valence-electron chi connectivity index (χ2n) is 7.10. The summed E-state index contributed by atoms with van der Waals surface area (Å²) in [5.41, 5.74) is 2.97. The molecule has 1 N–H and O–H groups in total. The predicted octanol–water partition coefficient (Wildman–Crippen LogP) is 3.45. The largest absolute Gasteiger partial charge is 0.497 e. The van der Waals surface area contributed by atoms with Gasteiger partial charge in [-0.05, 0) is 49.7 Å². The monoisotopic (exact) mass is 402 g/mol. The van der Waals surface area contributed by atoms with Crippen LogP contribution in [0.1, 0.15) is 11.3 Å². The molecule has 0 aliphatic rings. The Morgan fingerprint density at radius 1 is 1.07 bits per heavy atom. The fourth-order valence-electron chi connectivity index (χ4n) is 3.50. The Morgan fingerprint density at radius 2 is 1.80 bits per heavy atom. The lowest BCUT2D eigenvalue weighted by atomic mass is 10.1. The molecular weight excluding hydrogens is 380 g/mol. The third-order valence-corrected chi connectivity index (χ3v) is 4.94. The molecule has 0 unspecified atom stereocenters. The van der Waals surface area contributed by atoms with Gasteiger partial charge >= 0.3 is 0 Å². The van der Waals surface area contributed by atoms with Crippen LogP contribution in [-0.4, -0.2) is 27.4 Å². The van der Waals surface area contributed by atoms with E-state index in [2.05, 4.69) is 10.4 Å². The third-order valence-electron chi connectivity index (χ3n) is 4.94. The van der Waals surface area contributed by atoms with Crippen LogP contribution in [-0.2, 0) is 11.3 Å². The highest BCUT2D eigenvalue weighted by atomic mass is 16.5. The molecule has 152 valence electrons. The first-order chi connectivity index (χ1) is 14.5. The number of pyridine rings is 1. The summed E-state index contributed by atoms with van der Waals surface area (Å²) in [5, 5.41) is 8.30. The molecule has 0 aliphatic carbocycles. The first-order valence-electron chi connectivity index (χ1n) is 9.56.